The number of hydrogen-bond donors (Lipinski definition) is 2. The summed E-state index contributed by atoms with van der Waals surface area (Å²) in [5.74, 6) is -1.38. The Bertz CT molecular complexity index is 732. The summed E-state index contributed by atoms with van der Waals surface area (Å²) in [6.45, 7) is 3.64. The van der Waals surface area contributed by atoms with Gasteiger partial charge in [-0.1, -0.05) is 37.6 Å². The van der Waals surface area contributed by atoms with E-state index in [-0.39, 0.29) is 17.4 Å². The molecule has 0 saturated heterocycles. The topological polar surface area (TPSA) is 58.2 Å². The van der Waals surface area contributed by atoms with E-state index < -0.39 is 17.8 Å². The molecule has 0 aliphatic rings. The molecule has 2 aromatic rings. The maximum Gasteiger partial charge on any atom is 0.251 e. The molecule has 0 aliphatic heterocycles. The largest absolute Gasteiger partial charge is 0.340 e. The van der Waals surface area contributed by atoms with Crippen LogP contribution in [0.3, 0.4) is 0 Å². The van der Waals surface area contributed by atoms with E-state index in [2.05, 4.69) is 10.6 Å². The summed E-state index contributed by atoms with van der Waals surface area (Å²) >= 11 is 6.03. The van der Waals surface area contributed by atoms with Crippen LogP contribution in [0.4, 0.5) is 10.1 Å². The van der Waals surface area contributed by atoms with Crippen LogP contribution in [0.25, 0.3) is 0 Å². The SMILES string of the molecule is CC(C)C(NC(=O)c1ccc(F)cc1)C(=O)Nc1ccccc1Cl. The van der Waals surface area contributed by atoms with Crippen molar-refractivity contribution in [3.05, 3.63) is 64.9 Å². The van der Waals surface area contributed by atoms with Gasteiger partial charge in [0.1, 0.15) is 11.9 Å². The number of rotatable bonds is 5. The van der Waals surface area contributed by atoms with Crippen LogP contribution < -0.4 is 10.6 Å². The van der Waals surface area contributed by atoms with Crippen molar-refractivity contribution < 1.29 is 14.0 Å². The Morgan fingerprint density at radius 3 is 2.25 bits per heavy atom. The first-order chi connectivity index (χ1) is 11.4. The molecule has 1 unspecified atom stereocenters. The summed E-state index contributed by atoms with van der Waals surface area (Å²) in [6.07, 6.45) is 0. The number of para-hydroxylation sites is 1. The highest BCUT2D eigenvalue weighted by atomic mass is 35.5. The molecule has 0 aliphatic carbocycles. The average molecular weight is 349 g/mol. The Balaban J connectivity index is 2.11. The highest BCUT2D eigenvalue weighted by Crippen LogP contribution is 2.21. The first-order valence-electron chi connectivity index (χ1n) is 7.50. The number of carbonyl (C=O) groups is 2. The summed E-state index contributed by atoms with van der Waals surface area (Å²) in [5.41, 5.74) is 0.762. The van der Waals surface area contributed by atoms with Gasteiger partial charge in [-0.2, -0.15) is 0 Å². The maximum atomic E-state index is 12.9. The fourth-order valence-electron chi connectivity index (χ4n) is 2.13. The molecular weight excluding hydrogens is 331 g/mol. The number of amides is 2. The molecule has 0 radical (unpaired) electrons. The predicted molar refractivity (Wildman–Crippen MR) is 92.6 cm³/mol. The summed E-state index contributed by atoms with van der Waals surface area (Å²) in [4.78, 5) is 24.7. The lowest BCUT2D eigenvalue weighted by Gasteiger charge is -2.22. The third-order valence-corrected chi connectivity index (χ3v) is 3.80. The Hall–Kier alpha value is -2.40. The minimum atomic E-state index is -0.751. The zero-order valence-electron chi connectivity index (χ0n) is 13.3. The van der Waals surface area contributed by atoms with Crippen LogP contribution in [0, 0.1) is 11.7 Å². The fraction of sp³-hybridized carbons (Fsp3) is 0.222. The van der Waals surface area contributed by atoms with Crippen molar-refractivity contribution in [2.24, 2.45) is 5.92 Å². The molecule has 2 amide bonds. The number of anilines is 1. The average Bonchev–Trinajstić information content (AvgIpc) is 2.54. The van der Waals surface area contributed by atoms with Crippen LogP contribution in [-0.4, -0.2) is 17.9 Å². The summed E-state index contributed by atoms with van der Waals surface area (Å²) < 4.78 is 12.9. The van der Waals surface area contributed by atoms with Crippen LogP contribution in [0.2, 0.25) is 5.02 Å². The van der Waals surface area contributed by atoms with Crippen molar-refractivity contribution in [1.29, 1.82) is 0 Å². The Labute approximate surface area is 145 Å². The van der Waals surface area contributed by atoms with Gasteiger partial charge in [0.2, 0.25) is 5.91 Å². The fourth-order valence-corrected chi connectivity index (χ4v) is 2.32. The Kier molecular flexibility index (Phi) is 5.93. The van der Waals surface area contributed by atoms with Crippen molar-refractivity contribution >= 4 is 29.1 Å². The highest BCUT2D eigenvalue weighted by Gasteiger charge is 2.25. The molecular formula is C18H18ClFN2O2. The van der Waals surface area contributed by atoms with Crippen LogP contribution in [0.1, 0.15) is 24.2 Å². The molecule has 0 heterocycles. The molecule has 0 spiro atoms. The quantitative estimate of drug-likeness (QED) is 0.861. The summed E-state index contributed by atoms with van der Waals surface area (Å²) in [7, 11) is 0. The van der Waals surface area contributed by atoms with Gasteiger partial charge < -0.3 is 10.6 Å². The van der Waals surface area contributed by atoms with Gasteiger partial charge in [-0.15, -0.1) is 0 Å². The van der Waals surface area contributed by atoms with Gasteiger partial charge in [-0.25, -0.2) is 4.39 Å². The van der Waals surface area contributed by atoms with Gasteiger partial charge >= 0.3 is 0 Å². The van der Waals surface area contributed by atoms with Crippen molar-refractivity contribution in [2.45, 2.75) is 19.9 Å². The van der Waals surface area contributed by atoms with E-state index in [1.54, 1.807) is 24.3 Å². The molecule has 1 atom stereocenters. The molecule has 126 valence electrons. The first-order valence-corrected chi connectivity index (χ1v) is 7.88. The van der Waals surface area contributed by atoms with E-state index in [9.17, 15) is 14.0 Å². The third kappa shape index (κ3) is 4.55. The van der Waals surface area contributed by atoms with Crippen molar-refractivity contribution in [3.63, 3.8) is 0 Å². The second kappa shape index (κ2) is 7.93. The number of benzene rings is 2. The first kappa shape index (κ1) is 17.9. The molecule has 0 fully saturated rings. The van der Waals surface area contributed by atoms with Crippen LogP contribution in [0.15, 0.2) is 48.5 Å². The van der Waals surface area contributed by atoms with Crippen LogP contribution in [-0.2, 0) is 4.79 Å². The Morgan fingerprint density at radius 1 is 1.04 bits per heavy atom. The number of hydrogen-bond acceptors (Lipinski definition) is 2. The molecule has 24 heavy (non-hydrogen) atoms. The van der Waals surface area contributed by atoms with E-state index in [1.807, 2.05) is 13.8 Å². The van der Waals surface area contributed by atoms with Gasteiger partial charge in [-0.05, 0) is 42.3 Å². The number of nitrogens with one attached hydrogen (secondary N) is 2. The van der Waals surface area contributed by atoms with E-state index in [0.29, 0.717) is 10.7 Å². The van der Waals surface area contributed by atoms with E-state index in [0.717, 1.165) is 0 Å². The predicted octanol–water partition coefficient (Wildman–Crippen LogP) is 3.87. The minimum Gasteiger partial charge on any atom is -0.340 e. The van der Waals surface area contributed by atoms with Crippen molar-refractivity contribution in [1.82, 2.24) is 5.32 Å². The van der Waals surface area contributed by atoms with Crippen LogP contribution >= 0.6 is 11.6 Å². The summed E-state index contributed by atoms with van der Waals surface area (Å²) in [5, 5.41) is 5.80. The second-order valence-electron chi connectivity index (χ2n) is 5.67. The van der Waals surface area contributed by atoms with Gasteiger partial charge in [0.25, 0.3) is 5.91 Å². The van der Waals surface area contributed by atoms with Gasteiger partial charge in [0.05, 0.1) is 10.7 Å². The van der Waals surface area contributed by atoms with Crippen molar-refractivity contribution in [2.75, 3.05) is 5.32 Å². The van der Waals surface area contributed by atoms with Gasteiger partial charge in [0, 0.05) is 5.56 Å². The molecule has 0 aromatic heterocycles. The summed E-state index contributed by atoms with van der Waals surface area (Å²) in [6, 6.07) is 11.2. The van der Waals surface area contributed by atoms with Crippen LogP contribution in [0.5, 0.6) is 0 Å². The molecule has 0 saturated carbocycles. The van der Waals surface area contributed by atoms with Gasteiger partial charge in [0.15, 0.2) is 0 Å². The highest BCUT2D eigenvalue weighted by molar-refractivity contribution is 6.33. The molecule has 2 N–H and O–H groups in total. The monoisotopic (exact) mass is 348 g/mol. The van der Waals surface area contributed by atoms with E-state index in [1.165, 1.54) is 24.3 Å². The number of carbonyl (C=O) groups excluding carboxylic acids is 2. The smallest absolute Gasteiger partial charge is 0.251 e. The van der Waals surface area contributed by atoms with E-state index >= 15 is 0 Å². The number of halogens is 2. The Morgan fingerprint density at radius 2 is 1.67 bits per heavy atom. The lowest BCUT2D eigenvalue weighted by Crippen LogP contribution is -2.47. The minimum absolute atomic E-state index is 0.142. The standard InChI is InChI=1S/C18H18ClFN2O2/c1-11(2)16(18(24)21-15-6-4-3-5-14(15)19)22-17(23)12-7-9-13(20)10-8-12/h3-11,16H,1-2H3,(H,21,24)(H,22,23). The molecule has 0 bridgehead atoms. The molecule has 6 heteroatoms. The lowest BCUT2D eigenvalue weighted by molar-refractivity contribution is -0.118. The third-order valence-electron chi connectivity index (χ3n) is 3.47. The molecule has 2 rings (SSSR count). The molecule has 2 aromatic carbocycles. The lowest BCUT2D eigenvalue weighted by atomic mass is 10.0. The van der Waals surface area contributed by atoms with Gasteiger partial charge in [-0.3, -0.25) is 9.59 Å². The van der Waals surface area contributed by atoms with E-state index in [4.69, 9.17) is 11.6 Å². The van der Waals surface area contributed by atoms with Crippen molar-refractivity contribution in [3.8, 4) is 0 Å². The zero-order chi connectivity index (χ0) is 17.7. The maximum absolute atomic E-state index is 12.9. The normalized spacial score (nSPS) is 11.9. The zero-order valence-corrected chi connectivity index (χ0v) is 14.1. The second-order valence-corrected chi connectivity index (χ2v) is 6.08. The molecule has 4 nitrogen and oxygen atoms in total.